The molecule has 1 saturated carbocycles. The van der Waals surface area contributed by atoms with Gasteiger partial charge in [0.15, 0.2) is 0 Å². The highest BCUT2D eigenvalue weighted by atomic mass is 15.1. The molecule has 1 aromatic rings. The van der Waals surface area contributed by atoms with E-state index in [1.807, 2.05) is 0 Å². The number of piperidine rings is 1. The van der Waals surface area contributed by atoms with E-state index in [0.29, 0.717) is 5.92 Å². The van der Waals surface area contributed by atoms with E-state index in [0.717, 1.165) is 12.8 Å². The lowest BCUT2D eigenvalue weighted by Gasteiger charge is -2.36. The van der Waals surface area contributed by atoms with Gasteiger partial charge in [0.25, 0.3) is 0 Å². The summed E-state index contributed by atoms with van der Waals surface area (Å²) < 4.78 is 0. The lowest BCUT2D eigenvalue weighted by Crippen LogP contribution is -2.33. The summed E-state index contributed by atoms with van der Waals surface area (Å²) in [7, 11) is 2.20. The van der Waals surface area contributed by atoms with E-state index in [1.54, 1.807) is 0 Å². The fourth-order valence-corrected chi connectivity index (χ4v) is 3.43. The van der Waals surface area contributed by atoms with Crippen LogP contribution >= 0.6 is 0 Å². The highest BCUT2D eigenvalue weighted by molar-refractivity contribution is 5.38. The Kier molecular flexibility index (Phi) is 3.33. The van der Waals surface area contributed by atoms with Crippen LogP contribution in [0.15, 0.2) is 24.3 Å². The number of likely N-dealkylation sites (tertiary alicyclic amines) is 1. The van der Waals surface area contributed by atoms with Gasteiger partial charge in [-0.3, -0.25) is 0 Å². The van der Waals surface area contributed by atoms with Gasteiger partial charge in [-0.05, 0) is 69.3 Å². The maximum atomic E-state index is 9.47. The minimum atomic E-state index is -0.165. The average Bonchev–Trinajstić information content (AvgIpc) is 2.39. The van der Waals surface area contributed by atoms with Crippen molar-refractivity contribution in [1.29, 1.82) is 5.26 Å². The Morgan fingerprint density at radius 1 is 1.26 bits per heavy atom. The molecule has 1 aliphatic carbocycles. The summed E-state index contributed by atoms with van der Waals surface area (Å²) in [6, 6.07) is 11.4. The summed E-state index contributed by atoms with van der Waals surface area (Å²) >= 11 is 0. The Morgan fingerprint density at radius 2 is 2.00 bits per heavy atom. The minimum absolute atomic E-state index is 0.165. The van der Waals surface area contributed by atoms with Crippen molar-refractivity contribution in [2.24, 2.45) is 0 Å². The van der Waals surface area contributed by atoms with Gasteiger partial charge in [-0.1, -0.05) is 24.3 Å². The van der Waals surface area contributed by atoms with Crippen LogP contribution in [0.25, 0.3) is 0 Å². The van der Waals surface area contributed by atoms with E-state index in [9.17, 15) is 5.26 Å². The first-order chi connectivity index (χ1) is 9.23. The molecule has 2 fully saturated rings. The molecule has 0 amide bonds. The van der Waals surface area contributed by atoms with Crippen LogP contribution in [0.1, 0.15) is 49.1 Å². The molecule has 0 spiro atoms. The first-order valence-corrected chi connectivity index (χ1v) is 7.44. The number of rotatable bonds is 2. The van der Waals surface area contributed by atoms with Crippen molar-refractivity contribution < 1.29 is 0 Å². The largest absolute Gasteiger partial charge is 0.306 e. The lowest BCUT2D eigenvalue weighted by molar-refractivity contribution is 0.255. The van der Waals surface area contributed by atoms with Crippen LogP contribution in [0.2, 0.25) is 0 Å². The van der Waals surface area contributed by atoms with Gasteiger partial charge in [0.2, 0.25) is 0 Å². The maximum absolute atomic E-state index is 9.47. The van der Waals surface area contributed by atoms with E-state index in [1.165, 1.54) is 43.5 Å². The molecule has 1 aliphatic heterocycles. The summed E-state index contributed by atoms with van der Waals surface area (Å²) in [6.45, 7) is 2.39. The van der Waals surface area contributed by atoms with Gasteiger partial charge in [-0.15, -0.1) is 0 Å². The Balaban J connectivity index is 1.82. The van der Waals surface area contributed by atoms with Crippen LogP contribution < -0.4 is 0 Å². The highest BCUT2D eigenvalue weighted by Gasteiger charge is 2.39. The van der Waals surface area contributed by atoms with Crippen LogP contribution in [0.3, 0.4) is 0 Å². The van der Waals surface area contributed by atoms with Gasteiger partial charge in [-0.25, -0.2) is 0 Å². The predicted octanol–water partition coefficient (Wildman–Crippen LogP) is 3.44. The third-order valence-electron chi connectivity index (χ3n) is 5.05. The van der Waals surface area contributed by atoms with Crippen molar-refractivity contribution >= 4 is 0 Å². The Bertz CT molecular complexity index is 488. The fourth-order valence-electron chi connectivity index (χ4n) is 3.43. The second-order valence-electron chi connectivity index (χ2n) is 6.25. The number of hydrogen-bond acceptors (Lipinski definition) is 2. The molecular formula is C17H22N2. The van der Waals surface area contributed by atoms with Crippen molar-refractivity contribution in [1.82, 2.24) is 4.90 Å². The molecule has 2 aliphatic rings. The maximum Gasteiger partial charge on any atom is 0.0822 e. The molecule has 2 heteroatoms. The van der Waals surface area contributed by atoms with Crippen molar-refractivity contribution in [2.45, 2.75) is 43.4 Å². The molecule has 0 N–H and O–H groups in total. The lowest BCUT2D eigenvalue weighted by atomic mass is 9.65. The third kappa shape index (κ3) is 2.28. The molecule has 0 aromatic heterocycles. The van der Waals surface area contributed by atoms with E-state index >= 15 is 0 Å². The topological polar surface area (TPSA) is 27.0 Å². The number of nitrogens with zero attached hydrogens (tertiary/aromatic N) is 2. The zero-order valence-electron chi connectivity index (χ0n) is 11.7. The SMILES string of the molecule is CN1CCC(c2cccc(C3(C#N)CCC3)c2)CC1. The molecule has 1 heterocycles. The fraction of sp³-hybridized carbons (Fsp3) is 0.588. The number of benzene rings is 1. The molecule has 0 atom stereocenters. The Labute approximate surface area is 116 Å². The average molecular weight is 254 g/mol. The number of hydrogen-bond donors (Lipinski definition) is 0. The minimum Gasteiger partial charge on any atom is -0.306 e. The summed E-state index contributed by atoms with van der Waals surface area (Å²) in [6.07, 6.45) is 5.78. The van der Waals surface area contributed by atoms with Gasteiger partial charge < -0.3 is 4.90 Å². The van der Waals surface area contributed by atoms with Gasteiger partial charge in [0.05, 0.1) is 11.5 Å². The second-order valence-corrected chi connectivity index (χ2v) is 6.25. The highest BCUT2D eigenvalue weighted by Crippen LogP contribution is 2.44. The standard InChI is InChI=1S/C17H22N2/c1-19-10-6-14(7-11-19)15-4-2-5-16(12-15)17(13-18)8-3-9-17/h2,4-5,12,14H,3,6-11H2,1H3. The zero-order chi connectivity index (χ0) is 13.3. The van der Waals surface area contributed by atoms with Gasteiger partial charge >= 0.3 is 0 Å². The Morgan fingerprint density at radius 3 is 2.58 bits per heavy atom. The zero-order valence-corrected chi connectivity index (χ0v) is 11.7. The van der Waals surface area contributed by atoms with E-state index in [4.69, 9.17) is 0 Å². The summed E-state index contributed by atoms with van der Waals surface area (Å²) in [5.74, 6) is 0.687. The first-order valence-electron chi connectivity index (χ1n) is 7.44. The van der Waals surface area contributed by atoms with Gasteiger partial charge in [-0.2, -0.15) is 5.26 Å². The summed E-state index contributed by atoms with van der Waals surface area (Å²) in [5, 5.41) is 9.47. The van der Waals surface area contributed by atoms with Crippen LogP contribution in [-0.2, 0) is 5.41 Å². The van der Waals surface area contributed by atoms with Gasteiger partial charge in [0, 0.05) is 0 Å². The van der Waals surface area contributed by atoms with Crippen molar-refractivity contribution in [3.63, 3.8) is 0 Å². The van der Waals surface area contributed by atoms with E-state index in [2.05, 4.69) is 42.3 Å². The number of nitriles is 1. The van der Waals surface area contributed by atoms with Crippen LogP contribution in [-0.4, -0.2) is 25.0 Å². The molecule has 2 nitrogen and oxygen atoms in total. The summed E-state index contributed by atoms with van der Waals surface area (Å²) in [5.41, 5.74) is 2.55. The van der Waals surface area contributed by atoms with Crippen LogP contribution in [0, 0.1) is 11.3 Å². The van der Waals surface area contributed by atoms with Crippen molar-refractivity contribution in [3.8, 4) is 6.07 Å². The third-order valence-corrected chi connectivity index (χ3v) is 5.05. The predicted molar refractivity (Wildman–Crippen MR) is 77.1 cm³/mol. The molecule has 0 bridgehead atoms. The molecule has 1 saturated heterocycles. The first kappa shape index (κ1) is 12.7. The Hall–Kier alpha value is -1.33. The molecule has 100 valence electrons. The second kappa shape index (κ2) is 4.98. The quantitative estimate of drug-likeness (QED) is 0.808. The normalized spacial score (nSPS) is 23.6. The smallest absolute Gasteiger partial charge is 0.0822 e. The van der Waals surface area contributed by atoms with Crippen LogP contribution in [0.4, 0.5) is 0 Å². The van der Waals surface area contributed by atoms with E-state index in [-0.39, 0.29) is 5.41 Å². The van der Waals surface area contributed by atoms with Gasteiger partial charge in [0.1, 0.15) is 0 Å². The molecular weight excluding hydrogens is 232 g/mol. The van der Waals surface area contributed by atoms with E-state index < -0.39 is 0 Å². The molecule has 19 heavy (non-hydrogen) atoms. The van der Waals surface area contributed by atoms with Crippen LogP contribution in [0.5, 0.6) is 0 Å². The van der Waals surface area contributed by atoms with Crippen molar-refractivity contribution in [2.75, 3.05) is 20.1 Å². The molecule has 0 radical (unpaired) electrons. The van der Waals surface area contributed by atoms with Crippen molar-refractivity contribution in [3.05, 3.63) is 35.4 Å². The molecule has 0 unspecified atom stereocenters. The molecule has 3 rings (SSSR count). The summed E-state index contributed by atoms with van der Waals surface area (Å²) in [4.78, 5) is 2.41. The molecule has 1 aromatic carbocycles. The monoisotopic (exact) mass is 254 g/mol.